The van der Waals surface area contributed by atoms with Crippen molar-refractivity contribution in [3.8, 4) is 0 Å². The second-order valence-corrected chi connectivity index (χ2v) is 5.03. The van der Waals surface area contributed by atoms with Gasteiger partial charge in [0.15, 0.2) is 0 Å². The van der Waals surface area contributed by atoms with Gasteiger partial charge in [0.2, 0.25) is 5.91 Å². The molecule has 1 aromatic rings. The summed E-state index contributed by atoms with van der Waals surface area (Å²) >= 11 is 0. The van der Waals surface area contributed by atoms with Gasteiger partial charge in [-0.3, -0.25) is 4.79 Å². The predicted molar refractivity (Wildman–Crippen MR) is 73.9 cm³/mol. The molecule has 0 spiro atoms. The molecule has 1 rings (SSSR count). The van der Waals surface area contributed by atoms with Crippen LogP contribution in [0.25, 0.3) is 0 Å². The van der Waals surface area contributed by atoms with Crippen molar-refractivity contribution in [2.45, 2.75) is 31.8 Å². The summed E-state index contributed by atoms with van der Waals surface area (Å²) in [7, 11) is 2.01. The minimum Gasteiger partial charge on any atom is -0.368 e. The number of nitrogens with two attached hydrogens (primary N) is 2. The van der Waals surface area contributed by atoms with E-state index in [1.54, 1.807) is 0 Å². The number of carbonyl (C=O) groups is 1. The van der Waals surface area contributed by atoms with Gasteiger partial charge in [0.1, 0.15) is 5.54 Å². The minimum atomic E-state index is -1.09. The van der Waals surface area contributed by atoms with Gasteiger partial charge in [0, 0.05) is 12.6 Å². The van der Waals surface area contributed by atoms with Crippen LogP contribution in [-0.4, -0.2) is 30.4 Å². The molecule has 0 aliphatic heterocycles. The van der Waals surface area contributed by atoms with Crippen molar-refractivity contribution in [2.24, 2.45) is 11.5 Å². The van der Waals surface area contributed by atoms with E-state index in [1.807, 2.05) is 37.4 Å². The number of nitrogens with zero attached hydrogens (tertiary/aromatic N) is 1. The van der Waals surface area contributed by atoms with E-state index in [-0.39, 0.29) is 0 Å². The molecular weight excluding hydrogens is 226 g/mol. The number of amides is 1. The number of hydrogen-bond acceptors (Lipinski definition) is 3. The summed E-state index contributed by atoms with van der Waals surface area (Å²) in [5, 5.41) is 0. The lowest BCUT2D eigenvalue weighted by molar-refractivity contribution is -0.123. The largest absolute Gasteiger partial charge is 0.368 e. The normalized spacial score (nSPS) is 14.8. The second-order valence-electron chi connectivity index (χ2n) is 5.03. The molecule has 4 nitrogen and oxygen atoms in total. The molecule has 0 heterocycles. The van der Waals surface area contributed by atoms with Crippen molar-refractivity contribution in [1.82, 2.24) is 4.90 Å². The fourth-order valence-corrected chi connectivity index (χ4v) is 1.76. The van der Waals surface area contributed by atoms with Gasteiger partial charge in [-0.2, -0.15) is 0 Å². The van der Waals surface area contributed by atoms with Crippen LogP contribution >= 0.6 is 0 Å². The molecule has 0 saturated carbocycles. The minimum absolute atomic E-state index is 0.415. The smallest absolute Gasteiger partial charge is 0.242 e. The highest BCUT2D eigenvalue weighted by atomic mass is 16.1. The van der Waals surface area contributed by atoms with Crippen molar-refractivity contribution in [3.63, 3.8) is 0 Å². The third-order valence-electron chi connectivity index (χ3n) is 3.47. The second kappa shape index (κ2) is 5.98. The van der Waals surface area contributed by atoms with Gasteiger partial charge in [0.25, 0.3) is 0 Å². The van der Waals surface area contributed by atoms with Gasteiger partial charge in [-0.25, -0.2) is 0 Å². The van der Waals surface area contributed by atoms with Crippen molar-refractivity contribution >= 4 is 5.91 Å². The van der Waals surface area contributed by atoms with E-state index in [0.29, 0.717) is 12.5 Å². The average molecular weight is 249 g/mol. The molecule has 0 saturated heterocycles. The van der Waals surface area contributed by atoms with Gasteiger partial charge in [-0.15, -0.1) is 0 Å². The molecule has 4 N–H and O–H groups in total. The standard InChI is InChI=1S/C14H23N3O/c1-11(2)17(3)10-9-14(16,13(15)18)12-7-5-4-6-8-12/h4-8,11H,9-10,16H2,1-3H3,(H2,15,18). The van der Waals surface area contributed by atoms with Crippen molar-refractivity contribution < 1.29 is 4.79 Å². The molecule has 1 unspecified atom stereocenters. The van der Waals surface area contributed by atoms with Gasteiger partial charge < -0.3 is 16.4 Å². The predicted octanol–water partition coefficient (Wildman–Crippen LogP) is 1.06. The summed E-state index contributed by atoms with van der Waals surface area (Å²) in [6.45, 7) is 4.93. The Hall–Kier alpha value is -1.39. The Bertz CT molecular complexity index is 391. The molecule has 1 amide bonds. The highest BCUT2D eigenvalue weighted by Gasteiger charge is 2.33. The molecule has 1 aromatic carbocycles. The lowest BCUT2D eigenvalue weighted by Gasteiger charge is -2.30. The van der Waals surface area contributed by atoms with Crippen LogP contribution in [0.2, 0.25) is 0 Å². The monoisotopic (exact) mass is 249 g/mol. The molecule has 0 radical (unpaired) electrons. The van der Waals surface area contributed by atoms with E-state index in [4.69, 9.17) is 11.5 Å². The number of hydrogen-bond donors (Lipinski definition) is 2. The average Bonchev–Trinajstić information content (AvgIpc) is 2.36. The zero-order valence-corrected chi connectivity index (χ0v) is 11.4. The maximum Gasteiger partial charge on any atom is 0.242 e. The van der Waals surface area contributed by atoms with E-state index in [2.05, 4.69) is 18.7 Å². The summed E-state index contributed by atoms with van der Waals surface area (Å²) in [6.07, 6.45) is 0.515. The van der Waals surface area contributed by atoms with Crippen LogP contribution in [0.3, 0.4) is 0 Å². The maximum absolute atomic E-state index is 11.7. The molecule has 4 heteroatoms. The van der Waals surface area contributed by atoms with Crippen LogP contribution in [0.15, 0.2) is 30.3 Å². The first-order chi connectivity index (χ1) is 8.38. The Labute approximate surface area is 109 Å². The van der Waals surface area contributed by atoms with Crippen LogP contribution in [0.5, 0.6) is 0 Å². The Kier molecular flexibility index (Phi) is 4.87. The van der Waals surface area contributed by atoms with E-state index < -0.39 is 11.4 Å². The Morgan fingerprint density at radius 2 is 1.89 bits per heavy atom. The molecule has 0 fully saturated rings. The van der Waals surface area contributed by atoms with Crippen LogP contribution < -0.4 is 11.5 Å². The summed E-state index contributed by atoms with van der Waals surface area (Å²) in [4.78, 5) is 13.8. The molecule has 0 bridgehead atoms. The Morgan fingerprint density at radius 3 is 2.33 bits per heavy atom. The van der Waals surface area contributed by atoms with Gasteiger partial charge >= 0.3 is 0 Å². The van der Waals surface area contributed by atoms with Crippen LogP contribution in [-0.2, 0) is 10.3 Å². The molecular formula is C14H23N3O. The van der Waals surface area contributed by atoms with Crippen LogP contribution in [0.1, 0.15) is 25.8 Å². The lowest BCUT2D eigenvalue weighted by atomic mass is 9.86. The molecule has 0 aliphatic rings. The zero-order valence-electron chi connectivity index (χ0n) is 11.4. The van der Waals surface area contributed by atoms with Crippen molar-refractivity contribution in [1.29, 1.82) is 0 Å². The van der Waals surface area contributed by atoms with Gasteiger partial charge in [-0.05, 0) is 32.9 Å². The number of carbonyl (C=O) groups excluding carboxylic acids is 1. The summed E-state index contributed by atoms with van der Waals surface area (Å²) in [5.41, 5.74) is 11.4. The first-order valence-electron chi connectivity index (χ1n) is 6.22. The summed E-state index contributed by atoms with van der Waals surface area (Å²) in [5.74, 6) is -0.481. The number of rotatable bonds is 6. The van der Waals surface area contributed by atoms with Crippen molar-refractivity contribution in [2.75, 3.05) is 13.6 Å². The fraction of sp³-hybridized carbons (Fsp3) is 0.500. The molecule has 100 valence electrons. The molecule has 0 aromatic heterocycles. The fourth-order valence-electron chi connectivity index (χ4n) is 1.76. The van der Waals surface area contributed by atoms with Crippen molar-refractivity contribution in [3.05, 3.63) is 35.9 Å². The summed E-state index contributed by atoms with van der Waals surface area (Å²) < 4.78 is 0. The quantitative estimate of drug-likeness (QED) is 0.791. The van der Waals surface area contributed by atoms with E-state index >= 15 is 0 Å². The number of primary amides is 1. The highest BCUT2D eigenvalue weighted by molar-refractivity contribution is 5.85. The number of benzene rings is 1. The third-order valence-corrected chi connectivity index (χ3v) is 3.47. The third kappa shape index (κ3) is 3.31. The SMILES string of the molecule is CC(C)N(C)CCC(N)(C(N)=O)c1ccccc1. The topological polar surface area (TPSA) is 72.3 Å². The highest BCUT2D eigenvalue weighted by Crippen LogP contribution is 2.22. The molecule has 0 aliphatic carbocycles. The Balaban J connectivity index is 2.86. The Morgan fingerprint density at radius 1 is 1.33 bits per heavy atom. The molecule has 1 atom stereocenters. The lowest BCUT2D eigenvalue weighted by Crippen LogP contribution is -2.51. The molecule has 18 heavy (non-hydrogen) atoms. The van der Waals surface area contributed by atoms with Gasteiger partial charge in [0.05, 0.1) is 0 Å². The first-order valence-corrected chi connectivity index (χ1v) is 6.22. The summed E-state index contributed by atoms with van der Waals surface area (Å²) in [6, 6.07) is 9.74. The first kappa shape index (κ1) is 14.7. The van der Waals surface area contributed by atoms with E-state index in [0.717, 1.165) is 12.1 Å². The van der Waals surface area contributed by atoms with Gasteiger partial charge in [-0.1, -0.05) is 30.3 Å². The zero-order chi connectivity index (χ0) is 13.8. The van der Waals surface area contributed by atoms with Crippen LogP contribution in [0.4, 0.5) is 0 Å². The van der Waals surface area contributed by atoms with E-state index in [1.165, 1.54) is 0 Å². The van der Waals surface area contributed by atoms with Crippen LogP contribution in [0, 0.1) is 0 Å². The maximum atomic E-state index is 11.7. The van der Waals surface area contributed by atoms with E-state index in [9.17, 15) is 4.79 Å².